The van der Waals surface area contributed by atoms with E-state index in [2.05, 4.69) is 13.8 Å². The number of aliphatic hydroxyl groups excluding tert-OH is 2. The van der Waals surface area contributed by atoms with Crippen LogP contribution in [0, 0.1) is 40.4 Å². The van der Waals surface area contributed by atoms with Crippen molar-refractivity contribution in [1.82, 2.24) is 0 Å². The molecule has 2 nitrogen and oxygen atoms in total. The highest BCUT2D eigenvalue weighted by molar-refractivity contribution is 5.24. The second-order valence-corrected chi connectivity index (χ2v) is 9.56. The van der Waals surface area contributed by atoms with E-state index in [1.165, 1.54) is 0 Å². The van der Waals surface area contributed by atoms with E-state index in [-0.39, 0.29) is 36.4 Å². The van der Waals surface area contributed by atoms with Crippen molar-refractivity contribution < 1.29 is 19.0 Å². The summed E-state index contributed by atoms with van der Waals surface area (Å²) in [5, 5.41) is 20.3. The molecule has 0 aromatic heterocycles. The Hall–Kier alpha value is -0.480. The molecule has 4 heteroatoms. The first-order valence-electron chi connectivity index (χ1n) is 10.0. The van der Waals surface area contributed by atoms with Crippen LogP contribution in [0.4, 0.5) is 8.78 Å². The molecule has 0 aliphatic heterocycles. The molecule has 3 aliphatic rings. The first-order chi connectivity index (χ1) is 11.8. The molecule has 3 fully saturated rings. The molecule has 3 aliphatic carbocycles. The van der Waals surface area contributed by atoms with E-state index in [9.17, 15) is 19.0 Å². The van der Waals surface area contributed by atoms with Crippen LogP contribution in [0.5, 0.6) is 0 Å². The Bertz CT molecular complexity index is 530. The maximum atomic E-state index is 13.5. The Labute approximate surface area is 150 Å². The highest BCUT2D eigenvalue weighted by Crippen LogP contribution is 2.64. The molecule has 3 saturated carbocycles. The molecule has 0 amide bonds. The fourth-order valence-corrected chi connectivity index (χ4v) is 6.89. The lowest BCUT2D eigenvalue weighted by molar-refractivity contribution is -0.0931. The fourth-order valence-electron chi connectivity index (χ4n) is 6.89. The largest absolute Gasteiger partial charge is 0.396 e. The van der Waals surface area contributed by atoms with Crippen LogP contribution in [0.2, 0.25) is 0 Å². The summed E-state index contributed by atoms with van der Waals surface area (Å²) in [6.45, 7) is 6.81. The van der Waals surface area contributed by atoms with Crippen LogP contribution >= 0.6 is 0 Å². The molecule has 2 unspecified atom stereocenters. The van der Waals surface area contributed by atoms with Gasteiger partial charge in [-0.1, -0.05) is 27.2 Å². The van der Waals surface area contributed by atoms with Crippen molar-refractivity contribution in [3.05, 3.63) is 11.7 Å². The third-order valence-corrected chi connectivity index (χ3v) is 8.52. The van der Waals surface area contributed by atoms with E-state index in [0.717, 1.165) is 38.5 Å². The minimum atomic E-state index is -1.49. The lowest BCUT2D eigenvalue weighted by atomic mass is 9.49. The van der Waals surface area contributed by atoms with E-state index in [1.807, 2.05) is 6.92 Å². The smallest absolute Gasteiger partial charge is 0.270 e. The van der Waals surface area contributed by atoms with Crippen LogP contribution in [-0.2, 0) is 0 Å². The van der Waals surface area contributed by atoms with Crippen LogP contribution in [0.1, 0.15) is 65.7 Å². The summed E-state index contributed by atoms with van der Waals surface area (Å²) < 4.78 is 26.9. The Morgan fingerprint density at radius 1 is 1.04 bits per heavy atom. The number of hydrogen-bond acceptors (Lipinski definition) is 2. The summed E-state index contributed by atoms with van der Waals surface area (Å²) in [5.41, 5.74) is -0.0949. The van der Waals surface area contributed by atoms with E-state index >= 15 is 0 Å². The molecule has 3 rings (SSSR count). The zero-order valence-corrected chi connectivity index (χ0v) is 15.9. The number of allylic oxidation sites excluding steroid dienone is 1. The summed E-state index contributed by atoms with van der Waals surface area (Å²) in [7, 11) is 0. The average molecular weight is 356 g/mol. The van der Waals surface area contributed by atoms with Gasteiger partial charge in [-0.15, -0.1) is 0 Å². The van der Waals surface area contributed by atoms with E-state index in [1.54, 1.807) is 0 Å². The normalized spacial score (nSPS) is 47.6. The van der Waals surface area contributed by atoms with Crippen LogP contribution in [0.15, 0.2) is 11.7 Å². The monoisotopic (exact) mass is 356 g/mol. The molecular formula is C21H34F2O2. The summed E-state index contributed by atoms with van der Waals surface area (Å²) >= 11 is 0. The third-order valence-electron chi connectivity index (χ3n) is 8.52. The Balaban J connectivity index is 1.91. The van der Waals surface area contributed by atoms with Gasteiger partial charge < -0.3 is 10.2 Å². The van der Waals surface area contributed by atoms with Gasteiger partial charge >= 0.3 is 0 Å². The first-order valence-corrected chi connectivity index (χ1v) is 10.0. The summed E-state index contributed by atoms with van der Waals surface area (Å²) in [6, 6.07) is 0. The van der Waals surface area contributed by atoms with Crippen molar-refractivity contribution in [3.8, 4) is 0 Å². The SMILES string of the molecule is C[C@H]1CC[C@](C)(C2CC[C@]3(C)C(=C(F)F)CCC3[C@@H]2CO)[C@@H](CO)C1. The number of hydrogen-bond donors (Lipinski definition) is 2. The molecule has 0 saturated heterocycles. The average Bonchev–Trinajstić information content (AvgIpc) is 2.93. The number of halogens is 2. The van der Waals surface area contributed by atoms with Crippen molar-refractivity contribution in [2.75, 3.05) is 13.2 Å². The molecular weight excluding hydrogens is 322 g/mol. The zero-order chi connectivity index (χ0) is 18.4. The maximum Gasteiger partial charge on any atom is 0.270 e. The molecule has 2 N–H and O–H groups in total. The van der Waals surface area contributed by atoms with E-state index in [4.69, 9.17) is 0 Å². The van der Waals surface area contributed by atoms with E-state index < -0.39 is 11.5 Å². The zero-order valence-electron chi connectivity index (χ0n) is 15.9. The van der Waals surface area contributed by atoms with Gasteiger partial charge in [0.25, 0.3) is 6.08 Å². The van der Waals surface area contributed by atoms with Crippen LogP contribution in [0.3, 0.4) is 0 Å². The lowest BCUT2D eigenvalue weighted by Crippen LogP contribution is -2.51. The minimum absolute atomic E-state index is 0.0106. The Kier molecular flexibility index (Phi) is 5.34. The highest BCUT2D eigenvalue weighted by Gasteiger charge is 2.57. The number of fused-ring (bicyclic) bond motifs is 1. The molecule has 0 bridgehead atoms. The Morgan fingerprint density at radius 2 is 1.76 bits per heavy atom. The van der Waals surface area contributed by atoms with Gasteiger partial charge in [-0.25, -0.2) is 0 Å². The van der Waals surface area contributed by atoms with Gasteiger partial charge in [-0.2, -0.15) is 8.78 Å². The summed E-state index contributed by atoms with van der Waals surface area (Å²) in [4.78, 5) is 0. The fraction of sp³-hybridized carbons (Fsp3) is 0.905. The maximum absolute atomic E-state index is 13.5. The third kappa shape index (κ3) is 2.97. The first kappa shape index (κ1) is 19.3. The van der Waals surface area contributed by atoms with Gasteiger partial charge in [-0.05, 0) is 78.9 Å². The molecule has 7 atom stereocenters. The molecule has 0 aromatic carbocycles. The van der Waals surface area contributed by atoms with Gasteiger partial charge in [0.05, 0.1) is 0 Å². The van der Waals surface area contributed by atoms with Crippen LogP contribution in [0.25, 0.3) is 0 Å². The second kappa shape index (κ2) is 6.92. The van der Waals surface area contributed by atoms with Gasteiger partial charge in [0.15, 0.2) is 0 Å². The minimum Gasteiger partial charge on any atom is -0.396 e. The van der Waals surface area contributed by atoms with Gasteiger partial charge in [0, 0.05) is 18.8 Å². The van der Waals surface area contributed by atoms with Crippen LogP contribution in [-0.4, -0.2) is 23.4 Å². The van der Waals surface area contributed by atoms with Gasteiger partial charge in [0.1, 0.15) is 0 Å². The van der Waals surface area contributed by atoms with Crippen LogP contribution < -0.4 is 0 Å². The number of aliphatic hydroxyl groups is 2. The summed E-state index contributed by atoms with van der Waals surface area (Å²) in [5.74, 6) is 1.43. The van der Waals surface area contributed by atoms with Crippen molar-refractivity contribution in [2.45, 2.75) is 65.7 Å². The van der Waals surface area contributed by atoms with Gasteiger partial charge in [-0.3, -0.25) is 0 Å². The Morgan fingerprint density at radius 3 is 2.36 bits per heavy atom. The van der Waals surface area contributed by atoms with E-state index in [0.29, 0.717) is 23.8 Å². The van der Waals surface area contributed by atoms with Crippen molar-refractivity contribution in [3.63, 3.8) is 0 Å². The van der Waals surface area contributed by atoms with Crippen molar-refractivity contribution in [2.24, 2.45) is 40.4 Å². The molecule has 25 heavy (non-hydrogen) atoms. The lowest BCUT2D eigenvalue weighted by Gasteiger charge is -2.56. The standard InChI is InChI=1S/C21H34F2O2/c1-13-6-8-20(2,14(10-13)11-24)17-7-9-21(3)16(15(17)12-25)4-5-18(21)19(22)23/h13-17,24-25H,4-12H2,1-3H3/t13-,14+,15-,16?,17?,20-,21-/m0/s1. The number of rotatable bonds is 3. The molecule has 0 aromatic rings. The molecule has 0 radical (unpaired) electrons. The highest BCUT2D eigenvalue weighted by atomic mass is 19.3. The van der Waals surface area contributed by atoms with Crippen molar-refractivity contribution >= 4 is 0 Å². The molecule has 0 heterocycles. The van der Waals surface area contributed by atoms with Crippen molar-refractivity contribution in [1.29, 1.82) is 0 Å². The topological polar surface area (TPSA) is 40.5 Å². The summed E-state index contributed by atoms with van der Waals surface area (Å²) in [6.07, 6.45) is 4.69. The molecule has 144 valence electrons. The van der Waals surface area contributed by atoms with Gasteiger partial charge in [0.2, 0.25) is 0 Å². The predicted octanol–water partition coefficient (Wildman–Crippen LogP) is 5.01. The predicted molar refractivity (Wildman–Crippen MR) is 95.1 cm³/mol. The second-order valence-electron chi connectivity index (χ2n) is 9.56. The molecule has 0 spiro atoms. The quantitative estimate of drug-likeness (QED) is 0.746.